The van der Waals surface area contributed by atoms with E-state index in [1.54, 1.807) is 41.2 Å². The summed E-state index contributed by atoms with van der Waals surface area (Å²) in [6.07, 6.45) is 3.11. The van der Waals surface area contributed by atoms with E-state index in [0.29, 0.717) is 27.4 Å². The second-order valence-corrected chi connectivity index (χ2v) is 7.60. The van der Waals surface area contributed by atoms with Crippen molar-refractivity contribution in [1.82, 2.24) is 24.5 Å². The fourth-order valence-corrected chi connectivity index (χ4v) is 3.40. The topological polar surface area (TPSA) is 86.9 Å². The molecule has 0 aliphatic carbocycles. The molecular formula is C20H15Cl3N6O2. The lowest BCUT2D eigenvalue weighted by Gasteiger charge is -2.09. The molecule has 0 fully saturated rings. The first-order valence-electron chi connectivity index (χ1n) is 9.04. The lowest BCUT2D eigenvalue weighted by Crippen LogP contribution is -2.15. The van der Waals surface area contributed by atoms with Crippen molar-refractivity contribution < 1.29 is 9.53 Å². The molecule has 2 aromatic heterocycles. The largest absolute Gasteiger partial charge is 0.468 e. The summed E-state index contributed by atoms with van der Waals surface area (Å²) in [5, 5.41) is 12.4. The van der Waals surface area contributed by atoms with E-state index in [-0.39, 0.29) is 18.4 Å². The lowest BCUT2D eigenvalue weighted by atomic mass is 10.2. The number of benzene rings is 2. The third kappa shape index (κ3) is 5.16. The quantitative estimate of drug-likeness (QED) is 0.414. The number of anilines is 1. The normalized spacial score (nSPS) is 10.8. The summed E-state index contributed by atoms with van der Waals surface area (Å²) in [6.45, 7) is 0.459. The van der Waals surface area contributed by atoms with Crippen molar-refractivity contribution in [3.05, 3.63) is 87.4 Å². The fourth-order valence-electron chi connectivity index (χ4n) is 2.70. The predicted molar refractivity (Wildman–Crippen MR) is 118 cm³/mol. The molecule has 8 nitrogen and oxygen atoms in total. The molecule has 0 unspecified atom stereocenters. The van der Waals surface area contributed by atoms with Gasteiger partial charge in [-0.3, -0.25) is 10.1 Å². The highest BCUT2D eigenvalue weighted by Gasteiger charge is 2.14. The second-order valence-electron chi connectivity index (χ2n) is 6.38. The number of ether oxygens (including phenoxy) is 1. The van der Waals surface area contributed by atoms with Crippen molar-refractivity contribution in [3.8, 4) is 5.75 Å². The van der Waals surface area contributed by atoms with E-state index >= 15 is 0 Å². The molecular weight excluding hydrogens is 463 g/mol. The number of carbonyl (C=O) groups excluding carboxylic acids is 1. The van der Waals surface area contributed by atoms with Crippen LogP contribution in [0.25, 0.3) is 0 Å². The van der Waals surface area contributed by atoms with Crippen LogP contribution in [0.15, 0.2) is 61.1 Å². The van der Waals surface area contributed by atoms with Crippen molar-refractivity contribution >= 4 is 46.7 Å². The molecule has 0 aliphatic heterocycles. The molecule has 0 atom stereocenters. The number of amides is 1. The zero-order valence-electron chi connectivity index (χ0n) is 15.9. The third-order valence-electron chi connectivity index (χ3n) is 4.19. The molecule has 0 bridgehead atoms. The summed E-state index contributed by atoms with van der Waals surface area (Å²) in [5.41, 5.74) is 1.07. The number of hydrogen-bond acceptors (Lipinski definition) is 5. The first-order valence-corrected chi connectivity index (χ1v) is 10.2. The zero-order valence-corrected chi connectivity index (χ0v) is 18.1. The molecule has 1 N–H and O–H groups in total. The van der Waals surface area contributed by atoms with Gasteiger partial charge in [-0.25, -0.2) is 14.3 Å². The first-order chi connectivity index (χ1) is 15.0. The van der Waals surface area contributed by atoms with Crippen LogP contribution in [-0.4, -0.2) is 30.5 Å². The van der Waals surface area contributed by atoms with Crippen molar-refractivity contribution in [1.29, 1.82) is 0 Å². The highest BCUT2D eigenvalue weighted by atomic mass is 35.5. The predicted octanol–water partition coefficient (Wildman–Crippen LogP) is 4.77. The van der Waals surface area contributed by atoms with Crippen LogP contribution in [-0.2, 0) is 13.3 Å². The Kier molecular flexibility index (Phi) is 6.41. The van der Waals surface area contributed by atoms with Crippen molar-refractivity contribution in [2.45, 2.75) is 13.3 Å². The average molecular weight is 478 g/mol. The number of nitrogens with one attached hydrogen (secondary N) is 1. The smallest absolute Gasteiger partial charge is 0.278 e. The van der Waals surface area contributed by atoms with E-state index in [1.165, 1.54) is 11.0 Å². The Morgan fingerprint density at radius 1 is 0.935 bits per heavy atom. The van der Waals surface area contributed by atoms with Crippen LogP contribution >= 0.6 is 34.8 Å². The van der Waals surface area contributed by atoms with Gasteiger partial charge in [-0.15, -0.1) is 5.10 Å². The number of halogens is 3. The third-order valence-corrected chi connectivity index (χ3v) is 5.15. The number of para-hydroxylation sites is 1. The minimum Gasteiger partial charge on any atom is -0.468 e. The van der Waals surface area contributed by atoms with Crippen LogP contribution in [0.5, 0.6) is 5.75 Å². The number of nitrogens with zero attached hydrogens (tertiary/aromatic N) is 5. The van der Waals surface area contributed by atoms with E-state index in [1.807, 2.05) is 18.2 Å². The highest BCUT2D eigenvalue weighted by Crippen LogP contribution is 2.32. The van der Waals surface area contributed by atoms with E-state index in [0.717, 1.165) is 5.56 Å². The molecule has 31 heavy (non-hydrogen) atoms. The van der Waals surface area contributed by atoms with Crippen LogP contribution in [0.4, 0.5) is 5.95 Å². The van der Waals surface area contributed by atoms with Gasteiger partial charge in [-0.05, 0) is 29.8 Å². The summed E-state index contributed by atoms with van der Waals surface area (Å²) in [7, 11) is 0. The first kappa shape index (κ1) is 21.2. The Hall–Kier alpha value is -3.07. The minimum absolute atomic E-state index is 0.0292. The Morgan fingerprint density at radius 3 is 2.45 bits per heavy atom. The summed E-state index contributed by atoms with van der Waals surface area (Å²) < 4.78 is 8.62. The van der Waals surface area contributed by atoms with Crippen molar-refractivity contribution in [2.24, 2.45) is 0 Å². The van der Waals surface area contributed by atoms with Crippen LogP contribution in [0.1, 0.15) is 16.1 Å². The van der Waals surface area contributed by atoms with Crippen LogP contribution in [0.2, 0.25) is 15.1 Å². The molecule has 0 saturated heterocycles. The van der Waals surface area contributed by atoms with Crippen LogP contribution < -0.4 is 10.1 Å². The van der Waals surface area contributed by atoms with Gasteiger partial charge in [0, 0.05) is 11.2 Å². The Morgan fingerprint density at radius 2 is 1.68 bits per heavy atom. The molecule has 4 rings (SSSR count). The van der Waals surface area contributed by atoms with E-state index in [9.17, 15) is 4.79 Å². The molecule has 0 radical (unpaired) electrons. The second kappa shape index (κ2) is 9.38. The molecule has 1 amide bonds. The van der Waals surface area contributed by atoms with Gasteiger partial charge in [0.15, 0.2) is 18.2 Å². The maximum Gasteiger partial charge on any atom is 0.278 e. The molecule has 0 aliphatic rings. The van der Waals surface area contributed by atoms with Gasteiger partial charge in [0.1, 0.15) is 6.33 Å². The average Bonchev–Trinajstić information content (AvgIpc) is 3.39. The standard InChI is InChI=1S/C20H15Cl3N6O2/c21-14-5-2-1-4-13(14)10-29-11-24-20(27-29)25-19(30)17-8-9-28(26-17)12-31-18-15(22)6-3-7-16(18)23/h1-9,11H,10,12H2,(H,25,27,30). The molecule has 2 aromatic carbocycles. The summed E-state index contributed by atoms with van der Waals surface area (Å²) >= 11 is 18.3. The summed E-state index contributed by atoms with van der Waals surface area (Å²) in [6, 6.07) is 14.0. The van der Waals surface area contributed by atoms with Gasteiger partial charge in [0.25, 0.3) is 5.91 Å². The summed E-state index contributed by atoms with van der Waals surface area (Å²) in [4.78, 5) is 16.5. The fraction of sp³-hybridized carbons (Fsp3) is 0.100. The van der Waals surface area contributed by atoms with Gasteiger partial charge in [-0.1, -0.05) is 59.1 Å². The Labute approximate surface area is 192 Å². The Bertz CT molecular complexity index is 1200. The number of aromatic nitrogens is 5. The van der Waals surface area contributed by atoms with Gasteiger partial charge < -0.3 is 4.74 Å². The number of rotatable bonds is 7. The van der Waals surface area contributed by atoms with E-state index in [4.69, 9.17) is 39.5 Å². The monoisotopic (exact) mass is 476 g/mol. The van der Waals surface area contributed by atoms with Crippen LogP contribution in [0, 0.1) is 0 Å². The maximum atomic E-state index is 12.5. The minimum atomic E-state index is -0.454. The van der Waals surface area contributed by atoms with Gasteiger partial charge in [-0.2, -0.15) is 5.10 Å². The number of hydrogen-bond donors (Lipinski definition) is 1. The maximum absolute atomic E-state index is 12.5. The molecule has 11 heteroatoms. The zero-order chi connectivity index (χ0) is 21.8. The van der Waals surface area contributed by atoms with Gasteiger partial charge >= 0.3 is 0 Å². The molecule has 0 spiro atoms. The van der Waals surface area contributed by atoms with Gasteiger partial charge in [0.05, 0.1) is 16.6 Å². The van der Waals surface area contributed by atoms with Crippen LogP contribution in [0.3, 0.4) is 0 Å². The molecule has 0 saturated carbocycles. The molecule has 158 valence electrons. The lowest BCUT2D eigenvalue weighted by molar-refractivity contribution is 0.101. The van der Waals surface area contributed by atoms with Gasteiger partial charge in [0.2, 0.25) is 5.95 Å². The molecule has 2 heterocycles. The van der Waals surface area contributed by atoms with Crippen molar-refractivity contribution in [3.63, 3.8) is 0 Å². The van der Waals surface area contributed by atoms with Crippen molar-refractivity contribution in [2.75, 3.05) is 5.32 Å². The SMILES string of the molecule is O=C(Nc1ncn(Cc2ccccc2Cl)n1)c1ccn(COc2c(Cl)cccc2Cl)n1. The summed E-state index contributed by atoms with van der Waals surface area (Å²) in [5.74, 6) is 0.0521. The molecule has 4 aromatic rings. The van der Waals surface area contributed by atoms with E-state index in [2.05, 4.69) is 20.5 Å². The number of carbonyl (C=O) groups is 1. The van der Waals surface area contributed by atoms with E-state index < -0.39 is 5.91 Å². The highest BCUT2D eigenvalue weighted by molar-refractivity contribution is 6.37. The Balaban J connectivity index is 1.36.